The molecule has 2 saturated heterocycles. The second kappa shape index (κ2) is 7.68. The zero-order valence-corrected chi connectivity index (χ0v) is 16.1. The average Bonchev–Trinajstić information content (AvgIpc) is 2.71. The minimum atomic E-state index is -0.469. The van der Waals surface area contributed by atoms with Crippen LogP contribution in [0.5, 0.6) is 0 Å². The van der Waals surface area contributed by atoms with Gasteiger partial charge in [-0.2, -0.15) is 0 Å². The highest BCUT2D eigenvalue weighted by molar-refractivity contribution is 5.98. The number of nitrogens with zero attached hydrogens (tertiary/aromatic N) is 2. The maximum absolute atomic E-state index is 12.9. The number of amides is 2. The summed E-state index contributed by atoms with van der Waals surface area (Å²) in [5, 5.41) is 0. The highest BCUT2D eigenvalue weighted by Gasteiger charge is 2.48. The molecule has 2 fully saturated rings. The van der Waals surface area contributed by atoms with Crippen molar-refractivity contribution in [1.82, 2.24) is 9.80 Å². The van der Waals surface area contributed by atoms with Gasteiger partial charge in [-0.3, -0.25) is 9.59 Å². The van der Waals surface area contributed by atoms with E-state index < -0.39 is 11.4 Å². The molecule has 1 spiro atoms. The van der Waals surface area contributed by atoms with Gasteiger partial charge in [-0.05, 0) is 37.5 Å². The van der Waals surface area contributed by atoms with Gasteiger partial charge < -0.3 is 19.3 Å². The Bertz CT molecular complexity index is 740. The van der Waals surface area contributed by atoms with Crippen molar-refractivity contribution >= 4 is 17.8 Å². The summed E-state index contributed by atoms with van der Waals surface area (Å²) in [6.45, 7) is 1.63. The quantitative estimate of drug-likeness (QED) is 0.751. The number of rotatable bonds is 3. The molecule has 0 N–H and O–H groups in total. The van der Waals surface area contributed by atoms with Crippen LogP contribution in [0.1, 0.15) is 40.0 Å². The summed E-state index contributed by atoms with van der Waals surface area (Å²) in [6.07, 6.45) is 1.98. The number of hydrogen-bond acceptors (Lipinski definition) is 5. The van der Waals surface area contributed by atoms with E-state index in [1.165, 1.54) is 7.11 Å². The fourth-order valence-electron chi connectivity index (χ4n) is 4.17. The van der Waals surface area contributed by atoms with Gasteiger partial charge in [0.1, 0.15) is 0 Å². The standard InChI is InChI=1S/C20H26N2O5/c1-21-13-16(26-2)12-20(19(21)25)7-9-22(10-8-20)17(23)14-5-4-6-15(11-14)18(24)27-3/h4-6,11,16H,7-10,12-13H2,1-3H3. The van der Waals surface area contributed by atoms with Gasteiger partial charge in [0, 0.05) is 39.4 Å². The van der Waals surface area contributed by atoms with Gasteiger partial charge >= 0.3 is 5.97 Å². The Morgan fingerprint density at radius 1 is 1.15 bits per heavy atom. The highest BCUT2D eigenvalue weighted by Crippen LogP contribution is 2.41. The van der Waals surface area contributed by atoms with Gasteiger partial charge in [-0.1, -0.05) is 6.07 Å². The van der Waals surface area contributed by atoms with Crippen molar-refractivity contribution < 1.29 is 23.9 Å². The molecule has 3 rings (SSSR count). The van der Waals surface area contributed by atoms with Crippen molar-refractivity contribution in [3.05, 3.63) is 35.4 Å². The van der Waals surface area contributed by atoms with Gasteiger partial charge in [-0.25, -0.2) is 4.79 Å². The number of hydrogen-bond donors (Lipinski definition) is 0. The summed E-state index contributed by atoms with van der Waals surface area (Å²) in [5.41, 5.74) is 0.359. The van der Waals surface area contributed by atoms with Crippen LogP contribution in [-0.2, 0) is 14.3 Å². The van der Waals surface area contributed by atoms with E-state index in [1.54, 1.807) is 41.2 Å². The molecule has 1 atom stereocenters. The van der Waals surface area contributed by atoms with Gasteiger partial charge in [0.15, 0.2) is 0 Å². The molecule has 0 aromatic heterocycles. The van der Waals surface area contributed by atoms with E-state index in [0.717, 1.165) is 0 Å². The average molecular weight is 374 g/mol. The maximum Gasteiger partial charge on any atom is 0.337 e. The third-order valence-corrected chi connectivity index (χ3v) is 5.77. The molecule has 2 amide bonds. The van der Waals surface area contributed by atoms with Crippen LogP contribution in [-0.4, -0.2) is 74.6 Å². The lowest BCUT2D eigenvalue weighted by Gasteiger charge is -2.47. The summed E-state index contributed by atoms with van der Waals surface area (Å²) in [4.78, 5) is 40.8. The SMILES string of the molecule is COC(=O)c1cccc(C(=O)N2CCC3(CC2)CC(OC)CN(C)C3=O)c1. The van der Waals surface area contributed by atoms with Crippen molar-refractivity contribution in [2.24, 2.45) is 5.41 Å². The normalized spacial score (nSPS) is 22.0. The van der Waals surface area contributed by atoms with Gasteiger partial charge in [-0.15, -0.1) is 0 Å². The molecule has 1 unspecified atom stereocenters. The molecular weight excluding hydrogens is 348 g/mol. The molecule has 1 aromatic rings. The molecule has 7 nitrogen and oxygen atoms in total. The number of piperidine rings is 2. The number of likely N-dealkylation sites (tertiary alicyclic amines) is 2. The summed E-state index contributed by atoms with van der Waals surface area (Å²) >= 11 is 0. The van der Waals surface area contributed by atoms with Crippen LogP contribution in [0.3, 0.4) is 0 Å². The minimum absolute atomic E-state index is 0.0340. The van der Waals surface area contributed by atoms with Crippen molar-refractivity contribution in [2.75, 3.05) is 40.9 Å². The fourth-order valence-corrected chi connectivity index (χ4v) is 4.17. The molecule has 146 valence electrons. The third kappa shape index (κ3) is 3.69. The first kappa shape index (κ1) is 19.4. The zero-order chi connectivity index (χ0) is 19.6. The number of esters is 1. The predicted molar refractivity (Wildman–Crippen MR) is 98.4 cm³/mol. The zero-order valence-electron chi connectivity index (χ0n) is 16.1. The monoisotopic (exact) mass is 374 g/mol. The Hall–Kier alpha value is -2.41. The lowest BCUT2D eigenvalue weighted by atomic mass is 9.71. The minimum Gasteiger partial charge on any atom is -0.465 e. The van der Waals surface area contributed by atoms with Crippen molar-refractivity contribution in [3.63, 3.8) is 0 Å². The maximum atomic E-state index is 12.9. The highest BCUT2D eigenvalue weighted by atomic mass is 16.5. The van der Waals surface area contributed by atoms with Crippen LogP contribution in [0.2, 0.25) is 0 Å². The molecule has 2 aliphatic heterocycles. The Morgan fingerprint density at radius 3 is 2.44 bits per heavy atom. The van der Waals surface area contributed by atoms with E-state index in [2.05, 4.69) is 0 Å². The van der Waals surface area contributed by atoms with Crippen molar-refractivity contribution in [2.45, 2.75) is 25.4 Å². The summed E-state index contributed by atoms with van der Waals surface area (Å²) < 4.78 is 10.2. The molecule has 0 radical (unpaired) electrons. The number of benzene rings is 1. The Morgan fingerprint density at radius 2 is 1.81 bits per heavy atom. The molecule has 7 heteroatoms. The molecule has 0 saturated carbocycles. The van der Waals surface area contributed by atoms with Gasteiger partial charge in [0.25, 0.3) is 5.91 Å². The number of likely N-dealkylation sites (N-methyl/N-ethyl adjacent to an activating group) is 1. The first-order chi connectivity index (χ1) is 12.9. The lowest BCUT2D eigenvalue weighted by molar-refractivity contribution is -0.155. The van der Waals surface area contributed by atoms with E-state index in [-0.39, 0.29) is 17.9 Å². The van der Waals surface area contributed by atoms with Crippen molar-refractivity contribution in [3.8, 4) is 0 Å². The first-order valence-electron chi connectivity index (χ1n) is 9.16. The number of carbonyl (C=O) groups excluding carboxylic acids is 3. The molecule has 2 heterocycles. The summed E-state index contributed by atoms with van der Waals surface area (Å²) in [5.74, 6) is -0.449. The summed E-state index contributed by atoms with van der Waals surface area (Å²) in [7, 11) is 4.80. The first-order valence-corrected chi connectivity index (χ1v) is 9.16. The van der Waals surface area contributed by atoms with E-state index in [1.807, 2.05) is 7.05 Å². The second-order valence-electron chi connectivity index (χ2n) is 7.39. The molecule has 27 heavy (non-hydrogen) atoms. The van der Waals surface area contributed by atoms with Crippen molar-refractivity contribution in [1.29, 1.82) is 0 Å². The number of methoxy groups -OCH3 is 2. The smallest absolute Gasteiger partial charge is 0.337 e. The molecule has 0 aliphatic carbocycles. The number of carbonyl (C=O) groups is 3. The van der Waals surface area contributed by atoms with Crippen LogP contribution in [0.15, 0.2) is 24.3 Å². The van der Waals surface area contributed by atoms with E-state index in [9.17, 15) is 14.4 Å². The van der Waals surface area contributed by atoms with Crippen LogP contribution in [0, 0.1) is 5.41 Å². The van der Waals surface area contributed by atoms with E-state index in [4.69, 9.17) is 9.47 Å². The Labute approximate surface area is 159 Å². The second-order valence-corrected chi connectivity index (χ2v) is 7.39. The molecule has 2 aliphatic rings. The topological polar surface area (TPSA) is 76.2 Å². The lowest BCUT2D eigenvalue weighted by Crippen LogP contribution is -2.57. The summed E-state index contributed by atoms with van der Waals surface area (Å²) in [6, 6.07) is 6.54. The largest absolute Gasteiger partial charge is 0.465 e. The molecular formula is C20H26N2O5. The van der Waals surface area contributed by atoms with Crippen LogP contribution < -0.4 is 0 Å². The van der Waals surface area contributed by atoms with E-state index >= 15 is 0 Å². The third-order valence-electron chi connectivity index (χ3n) is 5.77. The van der Waals surface area contributed by atoms with E-state index in [0.29, 0.717) is 50.0 Å². The fraction of sp³-hybridized carbons (Fsp3) is 0.550. The Kier molecular flexibility index (Phi) is 5.51. The van der Waals surface area contributed by atoms with Crippen LogP contribution in [0.4, 0.5) is 0 Å². The van der Waals surface area contributed by atoms with Gasteiger partial charge in [0.2, 0.25) is 5.91 Å². The van der Waals surface area contributed by atoms with Crippen LogP contribution >= 0.6 is 0 Å². The van der Waals surface area contributed by atoms with Crippen LogP contribution in [0.25, 0.3) is 0 Å². The predicted octanol–water partition coefficient (Wildman–Crippen LogP) is 1.57. The molecule has 0 bridgehead atoms. The number of ether oxygens (including phenoxy) is 2. The Balaban J connectivity index is 1.71. The van der Waals surface area contributed by atoms with Gasteiger partial charge in [0.05, 0.1) is 24.2 Å². The molecule has 1 aromatic carbocycles.